The molecule has 0 fully saturated rings. The first-order chi connectivity index (χ1) is 9.79. The lowest BCUT2D eigenvalue weighted by molar-refractivity contribution is -0.140. The van der Waals surface area contributed by atoms with Gasteiger partial charge in [-0.25, -0.2) is 14.2 Å². The van der Waals surface area contributed by atoms with E-state index >= 15 is 0 Å². The molecule has 1 N–H and O–H groups in total. The lowest BCUT2D eigenvalue weighted by Crippen LogP contribution is -2.08. The maximum Gasteiger partial charge on any atom is 0.419 e. The van der Waals surface area contributed by atoms with Gasteiger partial charge in [-0.15, -0.1) is 0 Å². The van der Waals surface area contributed by atoms with Gasteiger partial charge in [-0.1, -0.05) is 6.07 Å². The van der Waals surface area contributed by atoms with Gasteiger partial charge in [-0.3, -0.25) is 0 Å². The van der Waals surface area contributed by atoms with E-state index < -0.39 is 29.3 Å². The van der Waals surface area contributed by atoms with E-state index in [0.717, 1.165) is 30.5 Å². The summed E-state index contributed by atoms with van der Waals surface area (Å²) in [5.74, 6) is -3.88. The molecule has 0 spiro atoms. The molecule has 21 heavy (non-hydrogen) atoms. The number of halogens is 4. The number of pyridine rings is 1. The Kier molecular flexibility index (Phi) is 3.79. The zero-order valence-corrected chi connectivity index (χ0v) is 10.2. The molecule has 1 aromatic carbocycles. The normalized spacial score (nSPS) is 11.2. The second-order valence-corrected chi connectivity index (χ2v) is 3.91. The van der Waals surface area contributed by atoms with Crippen molar-refractivity contribution in [3.05, 3.63) is 53.5 Å². The van der Waals surface area contributed by atoms with Gasteiger partial charge < -0.3 is 9.84 Å². The van der Waals surface area contributed by atoms with Crippen molar-refractivity contribution in [2.45, 2.75) is 6.18 Å². The topological polar surface area (TPSA) is 59.4 Å². The summed E-state index contributed by atoms with van der Waals surface area (Å²) in [6, 6.07) is 4.67. The summed E-state index contributed by atoms with van der Waals surface area (Å²) < 4.78 is 56.3. The van der Waals surface area contributed by atoms with Crippen LogP contribution in [0.3, 0.4) is 0 Å². The fraction of sp³-hybridized carbons (Fsp3) is 0.0769. The first-order valence-electron chi connectivity index (χ1n) is 5.52. The minimum Gasteiger partial charge on any atom is -0.478 e. The van der Waals surface area contributed by atoms with E-state index in [2.05, 4.69) is 4.98 Å². The van der Waals surface area contributed by atoms with Crippen LogP contribution < -0.4 is 4.74 Å². The lowest BCUT2D eigenvalue weighted by Gasteiger charge is -2.11. The molecule has 2 aromatic rings. The number of aromatic carboxylic acids is 1. The summed E-state index contributed by atoms with van der Waals surface area (Å²) in [5, 5.41) is 8.77. The highest BCUT2D eigenvalue weighted by Gasteiger charge is 2.35. The SMILES string of the molecule is O=C(O)c1ccnc(Oc2cccc(C(F)(F)F)c2F)c1. The first kappa shape index (κ1) is 14.8. The Balaban J connectivity index is 2.36. The van der Waals surface area contributed by atoms with E-state index in [4.69, 9.17) is 9.84 Å². The number of hydrogen-bond donors (Lipinski definition) is 1. The molecule has 0 saturated heterocycles. The molecule has 8 heteroatoms. The molecular weight excluding hydrogens is 294 g/mol. The van der Waals surface area contributed by atoms with Gasteiger partial charge in [0.25, 0.3) is 0 Å². The predicted molar refractivity (Wildman–Crippen MR) is 62.7 cm³/mol. The van der Waals surface area contributed by atoms with Gasteiger partial charge in [-0.2, -0.15) is 13.2 Å². The summed E-state index contributed by atoms with van der Waals surface area (Å²) in [4.78, 5) is 14.4. The number of nitrogens with zero attached hydrogens (tertiary/aromatic N) is 1. The van der Waals surface area contributed by atoms with Crippen molar-refractivity contribution in [3.63, 3.8) is 0 Å². The molecule has 1 aromatic heterocycles. The highest BCUT2D eigenvalue weighted by Crippen LogP contribution is 2.35. The zero-order chi connectivity index (χ0) is 15.6. The minimum atomic E-state index is -4.86. The molecule has 0 bridgehead atoms. The number of hydrogen-bond acceptors (Lipinski definition) is 3. The van der Waals surface area contributed by atoms with Gasteiger partial charge in [0.2, 0.25) is 5.88 Å². The molecule has 110 valence electrons. The van der Waals surface area contributed by atoms with Crippen LogP contribution in [0.4, 0.5) is 17.6 Å². The van der Waals surface area contributed by atoms with Gasteiger partial charge in [0, 0.05) is 12.3 Å². The van der Waals surface area contributed by atoms with Crippen molar-refractivity contribution in [1.29, 1.82) is 0 Å². The van der Waals surface area contributed by atoms with Crippen molar-refractivity contribution in [2.24, 2.45) is 0 Å². The van der Waals surface area contributed by atoms with Gasteiger partial charge in [0.1, 0.15) is 0 Å². The van der Waals surface area contributed by atoms with Crippen LogP contribution in [0.5, 0.6) is 11.6 Å². The van der Waals surface area contributed by atoms with Gasteiger partial charge in [-0.05, 0) is 18.2 Å². The Bertz CT molecular complexity index is 685. The van der Waals surface area contributed by atoms with Crippen LogP contribution in [-0.4, -0.2) is 16.1 Å². The summed E-state index contributed by atoms with van der Waals surface area (Å²) in [7, 11) is 0. The van der Waals surface area contributed by atoms with Gasteiger partial charge in [0.15, 0.2) is 11.6 Å². The van der Waals surface area contributed by atoms with Crippen molar-refractivity contribution < 1.29 is 32.2 Å². The third-order valence-corrected chi connectivity index (χ3v) is 2.47. The minimum absolute atomic E-state index is 0.188. The van der Waals surface area contributed by atoms with E-state index in [-0.39, 0.29) is 11.4 Å². The molecular formula is C13H7F4NO3. The van der Waals surface area contributed by atoms with E-state index in [0.29, 0.717) is 6.07 Å². The number of carbonyl (C=O) groups is 1. The summed E-state index contributed by atoms with van der Waals surface area (Å²) >= 11 is 0. The number of ether oxygens (including phenoxy) is 1. The molecule has 0 aliphatic rings. The fourth-order valence-electron chi connectivity index (χ4n) is 1.52. The number of alkyl halides is 3. The predicted octanol–water partition coefficient (Wildman–Crippen LogP) is 3.73. The van der Waals surface area contributed by atoms with Crippen LogP contribution >= 0.6 is 0 Å². The Morgan fingerprint density at radius 3 is 2.57 bits per heavy atom. The van der Waals surface area contributed by atoms with E-state index in [9.17, 15) is 22.4 Å². The summed E-state index contributed by atoms with van der Waals surface area (Å²) in [6.07, 6.45) is -3.77. The van der Waals surface area contributed by atoms with Crippen LogP contribution in [0.15, 0.2) is 36.5 Å². The Morgan fingerprint density at radius 1 is 1.24 bits per heavy atom. The number of benzene rings is 1. The molecule has 4 nitrogen and oxygen atoms in total. The van der Waals surface area contributed by atoms with Crippen molar-refractivity contribution in [2.75, 3.05) is 0 Å². The molecule has 2 rings (SSSR count). The second kappa shape index (κ2) is 5.39. The van der Waals surface area contributed by atoms with Crippen LogP contribution in [0.25, 0.3) is 0 Å². The van der Waals surface area contributed by atoms with Gasteiger partial charge in [0.05, 0.1) is 11.1 Å². The fourth-order valence-corrected chi connectivity index (χ4v) is 1.52. The summed E-state index contributed by atoms with van der Waals surface area (Å²) in [6.45, 7) is 0. The monoisotopic (exact) mass is 301 g/mol. The second-order valence-electron chi connectivity index (χ2n) is 3.91. The molecule has 0 amide bonds. The van der Waals surface area contributed by atoms with Crippen LogP contribution in [0, 0.1) is 5.82 Å². The average molecular weight is 301 g/mol. The molecule has 0 unspecified atom stereocenters. The van der Waals surface area contributed by atoms with E-state index in [1.807, 2.05) is 0 Å². The highest BCUT2D eigenvalue weighted by atomic mass is 19.4. The largest absolute Gasteiger partial charge is 0.478 e. The highest BCUT2D eigenvalue weighted by molar-refractivity contribution is 5.87. The molecule has 0 aliphatic heterocycles. The lowest BCUT2D eigenvalue weighted by atomic mass is 10.2. The standard InChI is InChI=1S/C13H7F4NO3/c14-11-8(13(15,16)17)2-1-3-9(11)21-10-6-7(12(19)20)4-5-18-10/h1-6H,(H,19,20). The van der Waals surface area contributed by atoms with E-state index in [1.54, 1.807) is 0 Å². The van der Waals surface area contributed by atoms with E-state index in [1.165, 1.54) is 0 Å². The smallest absolute Gasteiger partial charge is 0.419 e. The Morgan fingerprint density at radius 2 is 1.95 bits per heavy atom. The number of aromatic nitrogens is 1. The maximum absolute atomic E-state index is 13.7. The first-order valence-corrected chi connectivity index (χ1v) is 5.52. The number of carboxylic acids is 1. The average Bonchev–Trinajstić information content (AvgIpc) is 2.40. The Labute approximate surface area is 115 Å². The van der Waals surface area contributed by atoms with Crippen molar-refractivity contribution in [3.8, 4) is 11.6 Å². The number of rotatable bonds is 3. The third kappa shape index (κ3) is 3.28. The van der Waals surface area contributed by atoms with Crippen molar-refractivity contribution >= 4 is 5.97 Å². The van der Waals surface area contributed by atoms with Crippen LogP contribution in [0.1, 0.15) is 15.9 Å². The third-order valence-electron chi connectivity index (χ3n) is 2.47. The molecule has 0 radical (unpaired) electrons. The molecule has 0 atom stereocenters. The van der Waals surface area contributed by atoms with Gasteiger partial charge >= 0.3 is 12.1 Å². The summed E-state index contributed by atoms with van der Waals surface area (Å²) in [5.41, 5.74) is -1.67. The molecule has 0 aliphatic carbocycles. The molecule has 1 heterocycles. The zero-order valence-electron chi connectivity index (χ0n) is 10.2. The number of carboxylic acid groups (broad SMARTS) is 1. The van der Waals surface area contributed by atoms with Crippen LogP contribution in [-0.2, 0) is 6.18 Å². The molecule has 0 saturated carbocycles. The van der Waals surface area contributed by atoms with Crippen molar-refractivity contribution in [1.82, 2.24) is 4.98 Å². The quantitative estimate of drug-likeness (QED) is 0.878. The van der Waals surface area contributed by atoms with Crippen LogP contribution in [0.2, 0.25) is 0 Å². The maximum atomic E-state index is 13.7. The Hall–Kier alpha value is -2.64.